The van der Waals surface area contributed by atoms with Crippen molar-refractivity contribution in [3.63, 3.8) is 0 Å². The van der Waals surface area contributed by atoms with E-state index < -0.39 is 41.8 Å². The van der Waals surface area contributed by atoms with Crippen LogP contribution in [0.4, 0.5) is 4.39 Å². The number of nitrogens with one attached hydrogen (secondary N) is 1. The Morgan fingerprint density at radius 1 is 1.38 bits per heavy atom. The average Bonchev–Trinajstić information content (AvgIpc) is 2.29. The van der Waals surface area contributed by atoms with Crippen molar-refractivity contribution in [1.29, 1.82) is 0 Å². The molecule has 1 N–H and O–H groups in total. The zero-order chi connectivity index (χ0) is 16.5. The average molecular weight is 300 g/mol. The Morgan fingerprint density at radius 2 is 1.90 bits per heavy atom. The Kier molecular flexibility index (Phi) is 4.76. The molecule has 0 spiro atoms. The van der Waals surface area contributed by atoms with Crippen LogP contribution in [0.3, 0.4) is 0 Å². The van der Waals surface area contributed by atoms with Crippen LogP contribution in [-0.4, -0.2) is 46.7 Å². The quantitative estimate of drug-likeness (QED) is 0.362. The van der Waals surface area contributed by atoms with Crippen molar-refractivity contribution in [2.45, 2.75) is 58.6 Å². The van der Waals surface area contributed by atoms with Crippen LogP contribution >= 0.6 is 0 Å². The third-order valence-corrected chi connectivity index (χ3v) is 2.80. The minimum atomic E-state index is -1.78. The van der Waals surface area contributed by atoms with Crippen molar-refractivity contribution < 1.29 is 23.5 Å². The van der Waals surface area contributed by atoms with Crippen LogP contribution in [0.1, 0.15) is 34.6 Å². The Morgan fingerprint density at radius 3 is 2.24 bits per heavy atom. The van der Waals surface area contributed by atoms with Gasteiger partial charge >= 0.3 is 5.97 Å². The van der Waals surface area contributed by atoms with E-state index in [1.165, 1.54) is 13.8 Å². The molecular formula is C14H21FN2O4. The van der Waals surface area contributed by atoms with Crippen LogP contribution in [0.2, 0.25) is 0 Å². The Labute approximate surface area is 123 Å². The fourth-order valence-corrected chi connectivity index (χ4v) is 2.01. The second-order valence-electron chi connectivity index (χ2n) is 6.08. The molecule has 0 bridgehead atoms. The number of hydrogen-bond acceptors (Lipinski definition) is 4. The Bertz CT molecular complexity index is 484. The van der Waals surface area contributed by atoms with Gasteiger partial charge in [-0.15, -0.1) is 0 Å². The fourth-order valence-electron chi connectivity index (χ4n) is 2.01. The first-order valence-corrected chi connectivity index (χ1v) is 6.57. The van der Waals surface area contributed by atoms with Crippen molar-refractivity contribution in [2.75, 3.05) is 0 Å². The number of β-lactam (4-membered cyclic amide) rings is 1. The van der Waals surface area contributed by atoms with E-state index in [9.17, 15) is 18.8 Å². The first kappa shape index (κ1) is 17.1. The van der Waals surface area contributed by atoms with Gasteiger partial charge in [0.25, 0.3) is 5.91 Å². The van der Waals surface area contributed by atoms with Gasteiger partial charge in [0.15, 0.2) is 12.1 Å². The molecule has 21 heavy (non-hydrogen) atoms. The van der Waals surface area contributed by atoms with Crippen molar-refractivity contribution in [2.24, 2.45) is 0 Å². The highest BCUT2D eigenvalue weighted by Crippen LogP contribution is 2.28. The molecule has 1 heterocycles. The van der Waals surface area contributed by atoms with E-state index in [4.69, 9.17) is 4.74 Å². The van der Waals surface area contributed by atoms with Gasteiger partial charge in [0.05, 0.1) is 0 Å². The van der Waals surface area contributed by atoms with E-state index in [2.05, 4.69) is 11.9 Å². The highest BCUT2D eigenvalue weighted by molar-refractivity contribution is 5.96. The third kappa shape index (κ3) is 3.80. The number of amides is 2. The van der Waals surface area contributed by atoms with Gasteiger partial charge in [-0.25, -0.2) is 9.18 Å². The monoisotopic (exact) mass is 300 g/mol. The summed E-state index contributed by atoms with van der Waals surface area (Å²) < 4.78 is 19.3. The van der Waals surface area contributed by atoms with Gasteiger partial charge in [-0.05, 0) is 33.3 Å². The van der Waals surface area contributed by atoms with Gasteiger partial charge in [-0.1, -0.05) is 6.58 Å². The van der Waals surface area contributed by atoms with Gasteiger partial charge < -0.3 is 10.1 Å². The van der Waals surface area contributed by atoms with Crippen LogP contribution < -0.4 is 5.32 Å². The summed E-state index contributed by atoms with van der Waals surface area (Å²) >= 11 is 0. The number of alkyl halides is 1. The van der Waals surface area contributed by atoms with Crippen LogP contribution in [0.25, 0.3) is 0 Å². The number of carbonyl (C=O) groups excluding carboxylic acids is 3. The lowest BCUT2D eigenvalue weighted by Crippen LogP contribution is -2.72. The molecule has 0 aromatic carbocycles. The molecule has 1 aliphatic rings. The van der Waals surface area contributed by atoms with Crippen molar-refractivity contribution in [3.05, 3.63) is 12.2 Å². The summed E-state index contributed by atoms with van der Waals surface area (Å²) in [6, 6.07) is -2.46. The highest BCUT2D eigenvalue weighted by atomic mass is 19.1. The summed E-state index contributed by atoms with van der Waals surface area (Å²) in [5.74, 6) is -1.93. The minimum Gasteiger partial charge on any atom is -0.458 e. The zero-order valence-corrected chi connectivity index (χ0v) is 12.9. The van der Waals surface area contributed by atoms with Gasteiger partial charge in [0, 0.05) is 6.92 Å². The number of rotatable bonds is 4. The topological polar surface area (TPSA) is 75.7 Å². The molecule has 0 radical (unpaired) electrons. The number of esters is 1. The summed E-state index contributed by atoms with van der Waals surface area (Å²) in [6.45, 7) is 11.3. The van der Waals surface area contributed by atoms with Crippen LogP contribution in [0.15, 0.2) is 12.2 Å². The normalized spacial score (nSPS) is 23.1. The molecule has 6 nitrogen and oxygen atoms in total. The number of nitrogens with zero attached hydrogens (tertiary/aromatic N) is 1. The molecule has 0 aliphatic carbocycles. The maximum atomic E-state index is 14.1. The maximum absolute atomic E-state index is 14.1. The van der Waals surface area contributed by atoms with E-state index >= 15 is 0 Å². The van der Waals surface area contributed by atoms with E-state index in [1.54, 1.807) is 20.8 Å². The van der Waals surface area contributed by atoms with Crippen LogP contribution in [0, 0.1) is 0 Å². The van der Waals surface area contributed by atoms with E-state index in [0.29, 0.717) is 5.57 Å². The molecule has 1 aliphatic heterocycles. The maximum Gasteiger partial charge on any atom is 0.333 e. The van der Waals surface area contributed by atoms with Crippen LogP contribution in [0.5, 0.6) is 0 Å². The number of hydrogen-bond donors (Lipinski definition) is 1. The van der Waals surface area contributed by atoms with E-state index in [1.807, 2.05) is 0 Å². The molecular weight excluding hydrogens is 279 g/mol. The standard InChI is InChI=1S/C14H21FN2O4/c1-7(2)10(13(20)21-14(4,5)6)17-11(15)9(12(17)19)16-8(3)18/h9-11H,1H2,2-6H3,(H,16,18). The molecule has 1 rings (SSSR count). The largest absolute Gasteiger partial charge is 0.458 e. The smallest absolute Gasteiger partial charge is 0.333 e. The lowest BCUT2D eigenvalue weighted by molar-refractivity contribution is -0.181. The second kappa shape index (κ2) is 5.83. The Balaban J connectivity index is 2.89. The molecule has 1 fully saturated rings. The van der Waals surface area contributed by atoms with Gasteiger partial charge in [-0.3, -0.25) is 14.5 Å². The minimum absolute atomic E-state index is 0.293. The summed E-state index contributed by atoms with van der Waals surface area (Å²) in [7, 11) is 0. The highest BCUT2D eigenvalue weighted by Gasteiger charge is 2.54. The number of likely N-dealkylation sites (tertiary alicyclic amines) is 1. The summed E-state index contributed by atoms with van der Waals surface area (Å²) in [4.78, 5) is 35.7. The molecule has 0 aromatic rings. The summed E-state index contributed by atoms with van der Waals surface area (Å²) in [6.07, 6.45) is -1.78. The molecule has 3 atom stereocenters. The molecule has 0 saturated carbocycles. The third-order valence-electron chi connectivity index (χ3n) is 2.80. The van der Waals surface area contributed by atoms with Crippen molar-refractivity contribution in [1.82, 2.24) is 10.2 Å². The van der Waals surface area contributed by atoms with E-state index in [-0.39, 0.29) is 0 Å². The number of halogens is 1. The van der Waals surface area contributed by atoms with Crippen molar-refractivity contribution in [3.8, 4) is 0 Å². The predicted molar refractivity (Wildman–Crippen MR) is 73.8 cm³/mol. The number of carbonyl (C=O) groups is 3. The van der Waals surface area contributed by atoms with Gasteiger partial charge in [0.1, 0.15) is 5.60 Å². The Hall–Kier alpha value is -1.92. The lowest BCUT2D eigenvalue weighted by Gasteiger charge is -2.46. The van der Waals surface area contributed by atoms with Gasteiger partial charge in [-0.2, -0.15) is 0 Å². The molecule has 3 unspecified atom stereocenters. The lowest BCUT2D eigenvalue weighted by atomic mass is 9.98. The van der Waals surface area contributed by atoms with Gasteiger partial charge in [0.2, 0.25) is 12.2 Å². The van der Waals surface area contributed by atoms with Crippen LogP contribution in [-0.2, 0) is 19.1 Å². The zero-order valence-electron chi connectivity index (χ0n) is 12.9. The van der Waals surface area contributed by atoms with E-state index in [0.717, 1.165) is 4.90 Å². The summed E-state index contributed by atoms with van der Waals surface area (Å²) in [5.41, 5.74) is -0.469. The fraction of sp³-hybridized carbons (Fsp3) is 0.643. The SMILES string of the molecule is C=C(C)C(C(=O)OC(C)(C)C)N1C(=O)C(NC(C)=O)C1F. The first-order valence-electron chi connectivity index (χ1n) is 6.57. The van der Waals surface area contributed by atoms with Crippen molar-refractivity contribution >= 4 is 17.8 Å². The molecule has 1 saturated heterocycles. The number of ether oxygens (including phenoxy) is 1. The summed E-state index contributed by atoms with van der Waals surface area (Å²) in [5, 5.41) is 2.20. The molecule has 2 amide bonds. The first-order chi connectivity index (χ1) is 9.45. The molecule has 118 valence electrons. The predicted octanol–water partition coefficient (Wildman–Crippen LogP) is 0.915. The second-order valence-corrected chi connectivity index (χ2v) is 6.08. The molecule has 7 heteroatoms. The molecule has 0 aromatic heterocycles.